The second-order valence-corrected chi connectivity index (χ2v) is 5.62. The van der Waals surface area contributed by atoms with Crippen molar-refractivity contribution in [3.8, 4) is 11.5 Å². The van der Waals surface area contributed by atoms with Crippen LogP contribution in [0.2, 0.25) is 0 Å². The van der Waals surface area contributed by atoms with E-state index in [0.29, 0.717) is 29.4 Å². The van der Waals surface area contributed by atoms with E-state index in [9.17, 15) is 9.59 Å². The van der Waals surface area contributed by atoms with Gasteiger partial charge in [-0.1, -0.05) is 25.1 Å². The van der Waals surface area contributed by atoms with E-state index in [0.717, 1.165) is 12.0 Å². The topological polar surface area (TPSA) is 73.9 Å². The quantitative estimate of drug-likeness (QED) is 0.564. The van der Waals surface area contributed by atoms with Crippen LogP contribution in [0, 0.1) is 0 Å². The molecule has 2 aromatic rings. The molecular weight excluding hydrogens is 346 g/mol. The Labute approximate surface area is 158 Å². The number of amides is 1. The lowest BCUT2D eigenvalue weighted by atomic mass is 10.1. The number of ether oxygens (including phenoxy) is 3. The molecule has 0 aliphatic heterocycles. The molecule has 0 unspecified atom stereocenters. The summed E-state index contributed by atoms with van der Waals surface area (Å²) < 4.78 is 15.7. The van der Waals surface area contributed by atoms with Gasteiger partial charge >= 0.3 is 5.97 Å². The second-order valence-electron chi connectivity index (χ2n) is 5.62. The fourth-order valence-electron chi connectivity index (χ4n) is 2.35. The van der Waals surface area contributed by atoms with Crippen molar-refractivity contribution in [1.29, 1.82) is 0 Å². The summed E-state index contributed by atoms with van der Waals surface area (Å²) in [5.41, 5.74) is 1.47. The van der Waals surface area contributed by atoms with Gasteiger partial charge in [-0.15, -0.1) is 0 Å². The first-order chi connectivity index (χ1) is 13.1. The predicted molar refractivity (Wildman–Crippen MR) is 104 cm³/mol. The van der Waals surface area contributed by atoms with Gasteiger partial charge in [-0.2, -0.15) is 0 Å². The van der Waals surface area contributed by atoms with Crippen LogP contribution in [-0.4, -0.2) is 32.7 Å². The van der Waals surface area contributed by atoms with Crippen LogP contribution < -0.4 is 14.8 Å². The molecule has 0 aromatic heterocycles. The monoisotopic (exact) mass is 369 g/mol. The summed E-state index contributed by atoms with van der Waals surface area (Å²) in [7, 11) is 2.86. The van der Waals surface area contributed by atoms with E-state index < -0.39 is 5.97 Å². The summed E-state index contributed by atoms with van der Waals surface area (Å²) in [5, 5.41) is 2.68. The van der Waals surface area contributed by atoms with E-state index >= 15 is 0 Å². The van der Waals surface area contributed by atoms with Gasteiger partial charge in [-0.05, 0) is 42.3 Å². The molecule has 1 N–H and O–H groups in total. The molecule has 2 rings (SSSR count). The number of hydrogen-bond donors (Lipinski definition) is 1. The number of carbonyl (C=O) groups excluding carboxylic acids is 2. The third-order valence-electron chi connectivity index (χ3n) is 3.67. The van der Waals surface area contributed by atoms with E-state index in [1.165, 1.54) is 13.2 Å². The van der Waals surface area contributed by atoms with Gasteiger partial charge in [-0.3, -0.25) is 4.79 Å². The highest BCUT2D eigenvalue weighted by molar-refractivity contribution is 6.06. The van der Waals surface area contributed by atoms with Crippen molar-refractivity contribution in [3.63, 3.8) is 0 Å². The molecule has 0 aliphatic carbocycles. The normalized spacial score (nSPS) is 10.5. The Morgan fingerprint density at radius 2 is 1.85 bits per heavy atom. The summed E-state index contributed by atoms with van der Waals surface area (Å²) in [6.07, 6.45) is 3.94. The van der Waals surface area contributed by atoms with Crippen molar-refractivity contribution >= 4 is 23.6 Å². The van der Waals surface area contributed by atoms with Gasteiger partial charge in [0.1, 0.15) is 0 Å². The van der Waals surface area contributed by atoms with Gasteiger partial charge in [0, 0.05) is 6.08 Å². The molecule has 0 saturated heterocycles. The number of nitrogens with one attached hydrogen (secondary N) is 1. The zero-order valence-electron chi connectivity index (χ0n) is 15.7. The van der Waals surface area contributed by atoms with Crippen LogP contribution in [-0.2, 0) is 9.53 Å². The van der Waals surface area contributed by atoms with Crippen molar-refractivity contribution in [2.24, 2.45) is 0 Å². The Morgan fingerprint density at radius 1 is 1.07 bits per heavy atom. The smallest absolute Gasteiger partial charge is 0.339 e. The zero-order valence-corrected chi connectivity index (χ0v) is 15.7. The Hall–Kier alpha value is -3.28. The van der Waals surface area contributed by atoms with Crippen molar-refractivity contribution in [1.82, 2.24) is 0 Å². The molecule has 6 heteroatoms. The van der Waals surface area contributed by atoms with Crippen LogP contribution in [0.15, 0.2) is 48.5 Å². The van der Waals surface area contributed by atoms with Gasteiger partial charge in [0.15, 0.2) is 11.5 Å². The number of hydrogen-bond acceptors (Lipinski definition) is 5. The summed E-state index contributed by atoms with van der Waals surface area (Å²) >= 11 is 0. The number of para-hydroxylation sites is 1. The van der Waals surface area contributed by atoms with Crippen LogP contribution >= 0.6 is 0 Å². The number of anilines is 1. The minimum Gasteiger partial charge on any atom is -0.493 e. The first-order valence-corrected chi connectivity index (χ1v) is 8.56. The van der Waals surface area contributed by atoms with E-state index in [2.05, 4.69) is 5.32 Å². The summed E-state index contributed by atoms with van der Waals surface area (Å²) in [6, 6.07) is 12.1. The van der Waals surface area contributed by atoms with Crippen molar-refractivity contribution < 1.29 is 23.8 Å². The maximum atomic E-state index is 12.2. The SMILES string of the molecule is CCCOc1ccc(C=CC(=O)Nc2ccccc2C(=O)OC)cc1OC. The van der Waals surface area contributed by atoms with Gasteiger partial charge in [0.2, 0.25) is 5.91 Å². The van der Waals surface area contributed by atoms with Gasteiger partial charge < -0.3 is 19.5 Å². The van der Waals surface area contributed by atoms with E-state index in [1.54, 1.807) is 49.6 Å². The Balaban J connectivity index is 2.10. The highest BCUT2D eigenvalue weighted by Crippen LogP contribution is 2.28. The van der Waals surface area contributed by atoms with Crippen molar-refractivity contribution in [2.45, 2.75) is 13.3 Å². The Kier molecular flexibility index (Phi) is 7.43. The lowest BCUT2D eigenvalue weighted by molar-refractivity contribution is -0.111. The first-order valence-electron chi connectivity index (χ1n) is 8.56. The lowest BCUT2D eigenvalue weighted by Gasteiger charge is -2.10. The molecule has 1 amide bonds. The third-order valence-corrected chi connectivity index (χ3v) is 3.67. The number of benzene rings is 2. The maximum Gasteiger partial charge on any atom is 0.339 e. The van der Waals surface area contributed by atoms with Gasteiger partial charge in [0.05, 0.1) is 32.1 Å². The second kappa shape index (κ2) is 10.0. The molecule has 142 valence electrons. The van der Waals surface area contributed by atoms with E-state index in [-0.39, 0.29) is 5.91 Å². The van der Waals surface area contributed by atoms with Crippen molar-refractivity contribution in [3.05, 3.63) is 59.7 Å². The standard InChI is InChI=1S/C21H23NO5/c1-4-13-27-18-11-9-15(14-19(18)25-2)10-12-20(23)22-17-8-6-5-7-16(17)21(24)26-3/h5-12,14H,4,13H2,1-3H3,(H,22,23). The molecule has 27 heavy (non-hydrogen) atoms. The molecule has 0 atom stereocenters. The zero-order chi connectivity index (χ0) is 19.6. The molecule has 0 bridgehead atoms. The van der Waals surface area contributed by atoms with Crippen LogP contribution in [0.5, 0.6) is 11.5 Å². The summed E-state index contributed by atoms with van der Waals surface area (Å²) in [6.45, 7) is 2.63. The highest BCUT2D eigenvalue weighted by Gasteiger charge is 2.12. The van der Waals surface area contributed by atoms with Gasteiger partial charge in [-0.25, -0.2) is 4.79 Å². The maximum absolute atomic E-state index is 12.2. The minimum atomic E-state index is -0.512. The number of esters is 1. The Morgan fingerprint density at radius 3 is 2.56 bits per heavy atom. The number of rotatable bonds is 8. The fourth-order valence-corrected chi connectivity index (χ4v) is 2.35. The van der Waals surface area contributed by atoms with E-state index in [4.69, 9.17) is 14.2 Å². The average Bonchev–Trinajstić information content (AvgIpc) is 2.70. The number of carbonyl (C=O) groups is 2. The van der Waals surface area contributed by atoms with Crippen molar-refractivity contribution in [2.75, 3.05) is 26.1 Å². The summed E-state index contributed by atoms with van der Waals surface area (Å²) in [5.74, 6) is 0.383. The average molecular weight is 369 g/mol. The Bertz CT molecular complexity index is 829. The molecule has 2 aromatic carbocycles. The lowest BCUT2D eigenvalue weighted by Crippen LogP contribution is -2.12. The third kappa shape index (κ3) is 5.60. The highest BCUT2D eigenvalue weighted by atomic mass is 16.5. The molecule has 0 aliphatic rings. The van der Waals surface area contributed by atoms with Crippen LogP contribution in [0.1, 0.15) is 29.3 Å². The van der Waals surface area contributed by atoms with E-state index in [1.807, 2.05) is 13.0 Å². The summed E-state index contributed by atoms with van der Waals surface area (Å²) in [4.78, 5) is 24.0. The molecular formula is C21H23NO5. The van der Waals surface area contributed by atoms with Crippen LogP contribution in [0.4, 0.5) is 5.69 Å². The fraction of sp³-hybridized carbons (Fsp3) is 0.238. The molecule has 0 saturated carbocycles. The predicted octanol–water partition coefficient (Wildman–Crippen LogP) is 3.92. The molecule has 0 heterocycles. The van der Waals surface area contributed by atoms with Crippen LogP contribution in [0.3, 0.4) is 0 Å². The number of methoxy groups -OCH3 is 2. The largest absolute Gasteiger partial charge is 0.493 e. The molecule has 0 fully saturated rings. The molecule has 0 spiro atoms. The first kappa shape index (κ1) is 20.0. The molecule has 6 nitrogen and oxygen atoms in total. The molecule has 0 radical (unpaired) electrons. The van der Waals surface area contributed by atoms with Gasteiger partial charge in [0.25, 0.3) is 0 Å². The van der Waals surface area contributed by atoms with Crippen LogP contribution in [0.25, 0.3) is 6.08 Å². The minimum absolute atomic E-state index is 0.292.